The van der Waals surface area contributed by atoms with Crippen LogP contribution in [0.5, 0.6) is 11.5 Å². The molecule has 2 aromatic carbocycles. The Morgan fingerprint density at radius 2 is 1.91 bits per heavy atom. The molecule has 0 bridgehead atoms. The van der Waals surface area contributed by atoms with E-state index in [2.05, 4.69) is 32.2 Å². The highest BCUT2D eigenvalue weighted by Crippen LogP contribution is 2.37. The smallest absolute Gasteiger partial charge is 0.257 e. The monoisotopic (exact) mass is 477 g/mol. The Morgan fingerprint density at radius 1 is 1.12 bits per heavy atom. The number of ether oxygens (including phenoxy) is 2. The lowest BCUT2D eigenvalue weighted by atomic mass is 9.91. The van der Waals surface area contributed by atoms with E-state index in [1.165, 1.54) is 11.3 Å². The summed E-state index contributed by atoms with van der Waals surface area (Å²) in [6.07, 6.45) is 1.35. The fraction of sp³-hybridized carbons (Fsp3) is 0.346. The number of benzene rings is 2. The summed E-state index contributed by atoms with van der Waals surface area (Å²) < 4.78 is 10.7. The Morgan fingerprint density at radius 3 is 2.71 bits per heavy atom. The Bertz CT molecular complexity index is 1290. The molecule has 3 aromatic rings. The standard InChI is InChI=1S/C26H27N3O4S/c1-15-23(17-5-7-19-16(11-17)9-10-29(19)22(30)13-26(2,3)4)27-25(34-15)28-24(31)18-6-8-20-21(12-18)33-14-32-20/h5-8,11-12H,9-10,13-14H2,1-4H3,(H,27,28,31). The first-order chi connectivity index (χ1) is 16.2. The summed E-state index contributed by atoms with van der Waals surface area (Å²) in [5.41, 5.74) is 4.41. The maximum atomic E-state index is 12.8. The lowest BCUT2D eigenvalue weighted by Crippen LogP contribution is -2.31. The zero-order valence-corrected chi connectivity index (χ0v) is 20.5. The SMILES string of the molecule is Cc1sc(NC(=O)c2ccc3c(c2)OCO3)nc1-c1ccc2c(c1)CCN2C(=O)CC(C)(C)C. The van der Waals surface area contributed by atoms with Crippen molar-refractivity contribution in [3.63, 3.8) is 0 Å². The van der Waals surface area contributed by atoms with Crippen molar-refractivity contribution in [1.29, 1.82) is 0 Å². The largest absolute Gasteiger partial charge is 0.454 e. The molecule has 0 saturated heterocycles. The van der Waals surface area contributed by atoms with Crippen molar-refractivity contribution in [3.05, 3.63) is 52.4 Å². The molecular weight excluding hydrogens is 450 g/mol. The highest BCUT2D eigenvalue weighted by atomic mass is 32.1. The van der Waals surface area contributed by atoms with Crippen molar-refractivity contribution in [3.8, 4) is 22.8 Å². The predicted molar refractivity (Wildman–Crippen MR) is 133 cm³/mol. The molecule has 7 nitrogen and oxygen atoms in total. The summed E-state index contributed by atoms with van der Waals surface area (Å²) >= 11 is 1.44. The molecule has 176 valence electrons. The van der Waals surface area contributed by atoms with E-state index in [9.17, 15) is 9.59 Å². The maximum Gasteiger partial charge on any atom is 0.257 e. The van der Waals surface area contributed by atoms with Gasteiger partial charge in [0.05, 0.1) is 5.69 Å². The number of amides is 2. The van der Waals surface area contributed by atoms with Gasteiger partial charge in [-0.15, -0.1) is 11.3 Å². The summed E-state index contributed by atoms with van der Waals surface area (Å²) in [5.74, 6) is 1.12. The lowest BCUT2D eigenvalue weighted by Gasteiger charge is -2.23. The summed E-state index contributed by atoms with van der Waals surface area (Å²) in [5, 5.41) is 3.44. The van der Waals surface area contributed by atoms with E-state index in [1.54, 1.807) is 18.2 Å². The molecule has 8 heteroatoms. The molecule has 34 heavy (non-hydrogen) atoms. The topological polar surface area (TPSA) is 80.8 Å². The number of hydrogen-bond acceptors (Lipinski definition) is 6. The van der Waals surface area contributed by atoms with Crippen molar-refractivity contribution in [2.45, 2.75) is 40.5 Å². The van der Waals surface area contributed by atoms with Gasteiger partial charge in [0.15, 0.2) is 16.6 Å². The molecule has 1 N–H and O–H groups in total. The minimum absolute atomic E-state index is 0.0427. The first kappa shape index (κ1) is 22.4. The van der Waals surface area contributed by atoms with Crippen LogP contribution in [0.2, 0.25) is 0 Å². The Balaban J connectivity index is 1.33. The predicted octanol–water partition coefficient (Wildman–Crippen LogP) is 5.42. The van der Waals surface area contributed by atoms with Crippen LogP contribution in [-0.2, 0) is 11.2 Å². The zero-order valence-electron chi connectivity index (χ0n) is 19.7. The van der Waals surface area contributed by atoms with Crippen molar-refractivity contribution >= 4 is 34.0 Å². The number of fused-ring (bicyclic) bond motifs is 2. The third kappa shape index (κ3) is 4.37. The van der Waals surface area contributed by atoms with Gasteiger partial charge >= 0.3 is 0 Å². The van der Waals surface area contributed by atoms with Gasteiger partial charge in [-0.1, -0.05) is 26.8 Å². The third-order valence-electron chi connectivity index (χ3n) is 5.88. The molecule has 0 unspecified atom stereocenters. The molecule has 1 aromatic heterocycles. The highest BCUT2D eigenvalue weighted by Gasteiger charge is 2.28. The molecule has 3 heterocycles. The van der Waals surface area contributed by atoms with Gasteiger partial charge in [-0.2, -0.15) is 0 Å². The Kier molecular flexibility index (Phi) is 5.56. The molecule has 2 amide bonds. The normalized spacial score (nSPS) is 14.3. The number of thiazole rings is 1. The van der Waals surface area contributed by atoms with Crippen LogP contribution in [-0.4, -0.2) is 30.1 Å². The highest BCUT2D eigenvalue weighted by molar-refractivity contribution is 7.16. The van der Waals surface area contributed by atoms with Crippen molar-refractivity contribution in [2.75, 3.05) is 23.6 Å². The third-order valence-corrected chi connectivity index (χ3v) is 6.77. The van der Waals surface area contributed by atoms with E-state index in [4.69, 9.17) is 14.5 Å². The van der Waals surface area contributed by atoms with E-state index in [1.807, 2.05) is 24.0 Å². The lowest BCUT2D eigenvalue weighted by molar-refractivity contribution is -0.120. The quantitative estimate of drug-likeness (QED) is 0.542. The van der Waals surface area contributed by atoms with Crippen molar-refractivity contribution in [2.24, 2.45) is 5.41 Å². The number of anilines is 2. The average molecular weight is 478 g/mol. The molecule has 2 aliphatic rings. The Labute approximate surface area is 202 Å². The van der Waals surface area contributed by atoms with Gasteiger partial charge in [-0.25, -0.2) is 4.98 Å². The average Bonchev–Trinajstić information content (AvgIpc) is 3.49. The number of aryl methyl sites for hydroxylation is 1. The molecule has 0 saturated carbocycles. The fourth-order valence-corrected chi connectivity index (χ4v) is 5.11. The summed E-state index contributed by atoms with van der Waals surface area (Å²) in [6, 6.07) is 11.2. The summed E-state index contributed by atoms with van der Waals surface area (Å²) in [6.45, 7) is 9.12. The van der Waals surface area contributed by atoms with Crippen LogP contribution < -0.4 is 19.7 Å². The van der Waals surface area contributed by atoms with Gasteiger partial charge < -0.3 is 14.4 Å². The van der Waals surface area contributed by atoms with Crippen LogP contribution in [0.3, 0.4) is 0 Å². The summed E-state index contributed by atoms with van der Waals surface area (Å²) in [4.78, 5) is 33.1. The van der Waals surface area contributed by atoms with E-state index in [0.29, 0.717) is 35.2 Å². The second-order valence-electron chi connectivity index (χ2n) is 9.82. The van der Waals surface area contributed by atoms with Crippen LogP contribution in [0, 0.1) is 12.3 Å². The van der Waals surface area contributed by atoms with Crippen molar-refractivity contribution < 1.29 is 19.1 Å². The molecule has 0 radical (unpaired) electrons. The molecule has 0 atom stereocenters. The van der Waals surface area contributed by atoms with Gasteiger partial charge in [-0.05, 0) is 54.7 Å². The van der Waals surface area contributed by atoms with Gasteiger partial charge in [0.2, 0.25) is 12.7 Å². The van der Waals surface area contributed by atoms with E-state index < -0.39 is 0 Å². The molecule has 0 fully saturated rings. The van der Waals surface area contributed by atoms with Crippen LogP contribution in [0.1, 0.15) is 48.0 Å². The number of rotatable bonds is 4. The first-order valence-corrected chi connectivity index (χ1v) is 12.1. The first-order valence-electron chi connectivity index (χ1n) is 11.3. The van der Waals surface area contributed by atoms with Gasteiger partial charge in [-0.3, -0.25) is 14.9 Å². The van der Waals surface area contributed by atoms with Gasteiger partial charge in [0.25, 0.3) is 5.91 Å². The van der Waals surface area contributed by atoms with Crippen LogP contribution in [0.15, 0.2) is 36.4 Å². The molecular formula is C26H27N3O4S. The van der Waals surface area contributed by atoms with Crippen LogP contribution in [0.25, 0.3) is 11.3 Å². The molecule has 0 aliphatic carbocycles. The van der Waals surface area contributed by atoms with E-state index in [0.717, 1.165) is 33.8 Å². The van der Waals surface area contributed by atoms with E-state index in [-0.39, 0.29) is 24.0 Å². The number of carbonyl (C=O) groups excluding carboxylic acids is 2. The minimum Gasteiger partial charge on any atom is -0.454 e. The number of hydrogen-bond donors (Lipinski definition) is 1. The number of carbonyl (C=O) groups is 2. The number of nitrogens with one attached hydrogen (secondary N) is 1. The maximum absolute atomic E-state index is 12.8. The second-order valence-corrected chi connectivity index (χ2v) is 11.0. The van der Waals surface area contributed by atoms with E-state index >= 15 is 0 Å². The minimum atomic E-state index is -0.249. The molecule has 5 rings (SSSR count). The van der Waals surface area contributed by atoms with Gasteiger partial charge in [0.1, 0.15) is 0 Å². The van der Waals surface area contributed by atoms with Crippen LogP contribution in [0.4, 0.5) is 10.8 Å². The zero-order chi connectivity index (χ0) is 24.0. The number of nitrogens with zero attached hydrogens (tertiary/aromatic N) is 2. The Hall–Kier alpha value is -3.39. The molecule has 2 aliphatic heterocycles. The number of aromatic nitrogens is 1. The fourth-order valence-electron chi connectivity index (χ4n) is 4.28. The second kappa shape index (κ2) is 8.43. The van der Waals surface area contributed by atoms with Crippen molar-refractivity contribution in [1.82, 2.24) is 4.98 Å². The van der Waals surface area contributed by atoms with Crippen LogP contribution >= 0.6 is 11.3 Å². The summed E-state index contributed by atoms with van der Waals surface area (Å²) in [7, 11) is 0. The molecule has 0 spiro atoms. The van der Waals surface area contributed by atoms with Gasteiger partial charge in [0, 0.05) is 34.7 Å².